The standard InChI is InChI=1S/C16H21ClN4O3S/c1-12(2)16-19-18-15(24-16)11-20-6-8-21(9-7-20)25(22,23)14-5-3-4-13(17)10-14/h3-5,10,12H,6-9,11H2,1-2H3. The van der Waals surface area contributed by atoms with E-state index in [4.69, 9.17) is 16.0 Å². The average Bonchev–Trinajstić information content (AvgIpc) is 3.04. The molecule has 0 unspecified atom stereocenters. The lowest BCUT2D eigenvalue weighted by molar-refractivity contribution is 0.167. The lowest BCUT2D eigenvalue weighted by Gasteiger charge is -2.33. The van der Waals surface area contributed by atoms with Gasteiger partial charge in [0.05, 0.1) is 11.4 Å². The molecule has 7 nitrogen and oxygen atoms in total. The Morgan fingerprint density at radius 3 is 2.52 bits per heavy atom. The predicted octanol–water partition coefficient (Wildman–Crippen LogP) is 2.35. The second-order valence-corrected chi connectivity index (χ2v) is 8.70. The SMILES string of the molecule is CC(C)c1nnc(CN2CCN(S(=O)(=O)c3cccc(Cl)c3)CC2)o1. The molecule has 0 N–H and O–H groups in total. The highest BCUT2D eigenvalue weighted by molar-refractivity contribution is 7.89. The zero-order valence-corrected chi connectivity index (χ0v) is 15.8. The van der Waals surface area contributed by atoms with E-state index in [0.29, 0.717) is 49.5 Å². The van der Waals surface area contributed by atoms with Gasteiger partial charge in [-0.3, -0.25) is 4.90 Å². The van der Waals surface area contributed by atoms with Crippen LogP contribution in [-0.4, -0.2) is 54.0 Å². The van der Waals surface area contributed by atoms with Crippen LogP contribution in [0.5, 0.6) is 0 Å². The van der Waals surface area contributed by atoms with Crippen molar-refractivity contribution >= 4 is 21.6 Å². The van der Waals surface area contributed by atoms with Crippen LogP contribution < -0.4 is 0 Å². The fourth-order valence-electron chi connectivity index (χ4n) is 2.66. The van der Waals surface area contributed by atoms with Crippen LogP contribution in [0.2, 0.25) is 5.02 Å². The Kier molecular flexibility index (Phi) is 5.43. The molecule has 2 aromatic rings. The number of hydrogen-bond acceptors (Lipinski definition) is 6. The largest absolute Gasteiger partial charge is 0.424 e. The molecule has 1 saturated heterocycles. The number of sulfonamides is 1. The third-order valence-corrected chi connectivity index (χ3v) is 6.23. The second-order valence-electron chi connectivity index (χ2n) is 6.33. The molecular formula is C16H21ClN4O3S. The lowest BCUT2D eigenvalue weighted by atomic mass is 10.2. The summed E-state index contributed by atoms with van der Waals surface area (Å²) in [5, 5.41) is 8.49. The first-order valence-corrected chi connectivity index (χ1v) is 9.98. The van der Waals surface area contributed by atoms with Gasteiger partial charge in [0.15, 0.2) is 0 Å². The first-order chi connectivity index (χ1) is 11.9. The summed E-state index contributed by atoms with van der Waals surface area (Å²) in [6.07, 6.45) is 0. The number of nitrogens with zero attached hydrogens (tertiary/aromatic N) is 4. The van der Waals surface area contributed by atoms with Gasteiger partial charge in [0.2, 0.25) is 21.8 Å². The van der Waals surface area contributed by atoms with Gasteiger partial charge in [0.25, 0.3) is 0 Å². The number of hydrogen-bond donors (Lipinski definition) is 0. The minimum absolute atomic E-state index is 0.195. The summed E-state index contributed by atoms with van der Waals surface area (Å²) in [6.45, 7) is 6.58. The molecule has 25 heavy (non-hydrogen) atoms. The van der Waals surface area contributed by atoms with Gasteiger partial charge in [0.1, 0.15) is 0 Å². The molecule has 2 heterocycles. The molecule has 1 fully saturated rings. The first-order valence-electron chi connectivity index (χ1n) is 8.16. The van der Waals surface area contributed by atoms with Gasteiger partial charge in [-0.05, 0) is 18.2 Å². The second kappa shape index (κ2) is 7.41. The maximum Gasteiger partial charge on any atom is 0.243 e. The van der Waals surface area contributed by atoms with E-state index in [-0.39, 0.29) is 10.8 Å². The van der Waals surface area contributed by atoms with Gasteiger partial charge in [-0.2, -0.15) is 4.31 Å². The fourth-order valence-corrected chi connectivity index (χ4v) is 4.38. The molecule has 0 radical (unpaired) electrons. The van der Waals surface area contributed by atoms with Crippen molar-refractivity contribution in [2.75, 3.05) is 26.2 Å². The lowest BCUT2D eigenvalue weighted by Crippen LogP contribution is -2.48. The topological polar surface area (TPSA) is 79.5 Å². The highest BCUT2D eigenvalue weighted by Gasteiger charge is 2.29. The Morgan fingerprint density at radius 1 is 1.20 bits per heavy atom. The van der Waals surface area contributed by atoms with Gasteiger partial charge in [-0.1, -0.05) is 31.5 Å². The maximum atomic E-state index is 12.7. The summed E-state index contributed by atoms with van der Waals surface area (Å²) >= 11 is 5.91. The number of aromatic nitrogens is 2. The van der Waals surface area contributed by atoms with Gasteiger partial charge in [-0.25, -0.2) is 8.42 Å². The number of piperazine rings is 1. The Morgan fingerprint density at radius 2 is 1.92 bits per heavy atom. The maximum absolute atomic E-state index is 12.7. The first kappa shape index (κ1) is 18.3. The van der Waals surface area contributed by atoms with Crippen LogP contribution in [0.1, 0.15) is 31.5 Å². The minimum Gasteiger partial charge on any atom is -0.424 e. The third-order valence-electron chi connectivity index (χ3n) is 4.10. The van der Waals surface area contributed by atoms with Crippen molar-refractivity contribution in [1.29, 1.82) is 0 Å². The summed E-state index contributed by atoms with van der Waals surface area (Å²) < 4.78 is 32.5. The molecule has 136 valence electrons. The number of rotatable bonds is 5. The predicted molar refractivity (Wildman–Crippen MR) is 93.9 cm³/mol. The Hall–Kier alpha value is -1.48. The van der Waals surface area contributed by atoms with Crippen LogP contribution >= 0.6 is 11.6 Å². The van der Waals surface area contributed by atoms with Crippen molar-refractivity contribution in [2.24, 2.45) is 0 Å². The van der Waals surface area contributed by atoms with Crippen LogP contribution in [0.25, 0.3) is 0 Å². The van der Waals surface area contributed by atoms with E-state index in [1.807, 2.05) is 13.8 Å². The van der Waals surface area contributed by atoms with E-state index in [2.05, 4.69) is 15.1 Å². The quantitative estimate of drug-likeness (QED) is 0.787. The van der Waals surface area contributed by atoms with E-state index in [1.54, 1.807) is 18.2 Å². The van der Waals surface area contributed by atoms with E-state index < -0.39 is 10.0 Å². The molecule has 0 amide bonds. The van der Waals surface area contributed by atoms with Gasteiger partial charge >= 0.3 is 0 Å². The van der Waals surface area contributed by atoms with Crippen molar-refractivity contribution in [3.8, 4) is 0 Å². The van der Waals surface area contributed by atoms with Crippen molar-refractivity contribution in [1.82, 2.24) is 19.4 Å². The summed E-state index contributed by atoms with van der Waals surface area (Å²) in [5.74, 6) is 1.38. The molecule has 0 atom stereocenters. The zero-order valence-electron chi connectivity index (χ0n) is 14.2. The third kappa shape index (κ3) is 4.20. The molecule has 1 aromatic carbocycles. The normalized spacial score (nSPS) is 17.3. The van der Waals surface area contributed by atoms with Gasteiger partial charge in [0, 0.05) is 37.1 Å². The summed E-state index contributed by atoms with van der Waals surface area (Å²) in [7, 11) is -3.52. The van der Waals surface area contributed by atoms with Crippen LogP contribution in [0.4, 0.5) is 0 Å². The molecule has 0 bridgehead atoms. The van der Waals surface area contributed by atoms with Crippen LogP contribution in [0.15, 0.2) is 33.6 Å². The summed E-state index contributed by atoms with van der Waals surface area (Å²) in [6, 6.07) is 6.36. The van der Waals surface area contributed by atoms with Crippen LogP contribution in [0, 0.1) is 0 Å². The highest BCUT2D eigenvalue weighted by atomic mass is 35.5. The van der Waals surface area contributed by atoms with Crippen molar-refractivity contribution in [3.63, 3.8) is 0 Å². The van der Waals surface area contributed by atoms with Gasteiger partial charge < -0.3 is 4.42 Å². The van der Waals surface area contributed by atoms with Crippen molar-refractivity contribution in [2.45, 2.75) is 31.2 Å². The van der Waals surface area contributed by atoms with Crippen molar-refractivity contribution < 1.29 is 12.8 Å². The van der Waals surface area contributed by atoms with E-state index in [9.17, 15) is 8.42 Å². The minimum atomic E-state index is -3.52. The van der Waals surface area contributed by atoms with E-state index >= 15 is 0 Å². The average molecular weight is 385 g/mol. The fraction of sp³-hybridized carbons (Fsp3) is 0.500. The smallest absolute Gasteiger partial charge is 0.243 e. The van der Waals surface area contributed by atoms with Gasteiger partial charge in [-0.15, -0.1) is 10.2 Å². The Bertz CT molecular complexity index is 829. The molecule has 0 saturated carbocycles. The molecule has 1 aromatic heterocycles. The van der Waals surface area contributed by atoms with E-state index in [0.717, 1.165) is 0 Å². The van der Waals surface area contributed by atoms with Crippen LogP contribution in [0.3, 0.4) is 0 Å². The monoisotopic (exact) mass is 384 g/mol. The van der Waals surface area contributed by atoms with E-state index in [1.165, 1.54) is 10.4 Å². The molecule has 9 heteroatoms. The molecule has 1 aliphatic heterocycles. The summed E-state index contributed by atoms with van der Waals surface area (Å²) in [4.78, 5) is 2.34. The summed E-state index contributed by atoms with van der Waals surface area (Å²) in [5.41, 5.74) is 0. The number of halogens is 1. The highest BCUT2D eigenvalue weighted by Crippen LogP contribution is 2.21. The molecule has 0 spiro atoms. The molecular weight excluding hydrogens is 364 g/mol. The Labute approximate surface area is 152 Å². The Balaban J connectivity index is 1.61. The zero-order chi connectivity index (χ0) is 18.0. The number of benzene rings is 1. The molecule has 1 aliphatic rings. The molecule has 3 rings (SSSR count). The molecule has 0 aliphatic carbocycles. The van der Waals surface area contributed by atoms with Crippen LogP contribution in [-0.2, 0) is 16.6 Å². The van der Waals surface area contributed by atoms with Crippen molar-refractivity contribution in [3.05, 3.63) is 41.1 Å².